The average Bonchev–Trinajstić information content (AvgIpc) is 3.89. The van der Waals surface area contributed by atoms with Crippen LogP contribution in [0.25, 0.3) is 66.1 Å². The molecule has 0 amide bonds. The summed E-state index contributed by atoms with van der Waals surface area (Å²) >= 11 is 0. The Kier molecular flexibility index (Phi) is 9.12. The van der Waals surface area contributed by atoms with Crippen molar-refractivity contribution in [1.29, 1.82) is 0 Å². The van der Waals surface area contributed by atoms with Crippen molar-refractivity contribution in [1.82, 2.24) is 9.13 Å². The molecule has 2 aromatic heterocycles. The number of nitrogens with zero attached hydrogens (tertiary/aromatic N) is 4. The number of rotatable bonds is 9. The zero-order valence-electron chi connectivity index (χ0n) is 35.0. The van der Waals surface area contributed by atoms with Crippen molar-refractivity contribution < 1.29 is 0 Å². The summed E-state index contributed by atoms with van der Waals surface area (Å²) in [5.74, 6) is 0. The van der Waals surface area contributed by atoms with Gasteiger partial charge in [0.25, 0.3) is 0 Å². The Morgan fingerprint density at radius 2 is 0.484 bits per heavy atom. The van der Waals surface area contributed by atoms with Gasteiger partial charge in [-0.3, -0.25) is 0 Å². The second-order valence-electron chi connectivity index (χ2n) is 16.2. The van der Waals surface area contributed by atoms with Gasteiger partial charge in [0.1, 0.15) is 0 Å². The van der Waals surface area contributed by atoms with Gasteiger partial charge in [-0.05, 0) is 108 Å². The smallest absolute Gasteiger partial charge is 0.0702 e. The van der Waals surface area contributed by atoms with E-state index >= 15 is 0 Å². The molecule has 4 nitrogen and oxygen atoms in total. The van der Waals surface area contributed by atoms with Crippen molar-refractivity contribution in [3.63, 3.8) is 0 Å². The summed E-state index contributed by atoms with van der Waals surface area (Å²) in [7, 11) is 0. The Hall–Kier alpha value is -8.60. The van der Waals surface area contributed by atoms with E-state index in [4.69, 9.17) is 0 Å². The molecule has 302 valence electrons. The highest BCUT2D eigenvalue weighted by Gasteiger charge is 2.22. The lowest BCUT2D eigenvalue weighted by molar-refractivity contribution is 1.15. The molecule has 0 aliphatic heterocycles. The summed E-state index contributed by atoms with van der Waals surface area (Å²) in [6.45, 7) is 0. The minimum Gasteiger partial charge on any atom is -0.308 e. The molecule has 4 heteroatoms. The van der Waals surface area contributed by atoms with Gasteiger partial charge in [0, 0.05) is 44.3 Å². The highest BCUT2D eigenvalue weighted by molar-refractivity contribution is 6.11. The molecule has 12 rings (SSSR count). The fraction of sp³-hybridized carbons (Fsp3) is 0. The Morgan fingerprint density at radius 3 is 0.828 bits per heavy atom. The van der Waals surface area contributed by atoms with Crippen molar-refractivity contribution in [2.75, 3.05) is 9.80 Å². The van der Waals surface area contributed by atoms with E-state index in [-0.39, 0.29) is 0 Å². The normalized spacial score (nSPS) is 11.4. The Labute approximate surface area is 372 Å². The minimum absolute atomic E-state index is 1.08. The van der Waals surface area contributed by atoms with Crippen molar-refractivity contribution in [2.45, 2.75) is 0 Å². The van der Waals surface area contributed by atoms with Gasteiger partial charge in [-0.1, -0.05) is 158 Å². The first kappa shape index (κ1) is 37.2. The maximum atomic E-state index is 2.41. The third-order valence-corrected chi connectivity index (χ3v) is 12.5. The van der Waals surface area contributed by atoms with E-state index < -0.39 is 0 Å². The van der Waals surface area contributed by atoms with Crippen LogP contribution in [0, 0.1) is 0 Å². The number of aromatic nitrogens is 2. The molecule has 0 radical (unpaired) electrons. The van der Waals surface area contributed by atoms with Gasteiger partial charge in [-0.2, -0.15) is 0 Å². The molecule has 0 saturated heterocycles. The molecule has 12 aromatic rings. The first-order chi connectivity index (χ1) is 31.8. The van der Waals surface area contributed by atoms with Gasteiger partial charge in [0.2, 0.25) is 0 Å². The fourth-order valence-electron chi connectivity index (χ4n) is 9.66. The van der Waals surface area contributed by atoms with Gasteiger partial charge in [0.05, 0.1) is 44.8 Å². The SMILES string of the molecule is c1ccc(N(c2ccc(-c3ccc(N(c4ccccc4)c4ccccc4-n4c5ccccc5c5ccccc54)cc3)cc2)c2ccccc2-n2c3ccccc3c3ccccc32)cc1. The van der Waals surface area contributed by atoms with E-state index in [0.717, 1.165) is 56.6 Å². The van der Waals surface area contributed by atoms with Gasteiger partial charge >= 0.3 is 0 Å². The highest BCUT2D eigenvalue weighted by Crippen LogP contribution is 2.44. The average molecular weight is 819 g/mol. The molecule has 0 atom stereocenters. The maximum absolute atomic E-state index is 2.41. The first-order valence-corrected chi connectivity index (χ1v) is 21.9. The Balaban J connectivity index is 0.935. The molecule has 10 aromatic carbocycles. The third-order valence-electron chi connectivity index (χ3n) is 12.5. The molecular weight excluding hydrogens is 777 g/mol. The molecule has 0 fully saturated rings. The largest absolute Gasteiger partial charge is 0.308 e. The van der Waals surface area contributed by atoms with Crippen LogP contribution in [0.2, 0.25) is 0 Å². The molecule has 2 heterocycles. The summed E-state index contributed by atoms with van der Waals surface area (Å²) < 4.78 is 4.82. The monoisotopic (exact) mass is 818 g/mol. The number of para-hydroxylation sites is 10. The van der Waals surface area contributed by atoms with Crippen molar-refractivity contribution in [3.8, 4) is 22.5 Å². The lowest BCUT2D eigenvalue weighted by Crippen LogP contribution is -2.13. The molecule has 0 N–H and O–H groups in total. The number of benzene rings is 10. The number of hydrogen-bond acceptors (Lipinski definition) is 2. The second-order valence-corrected chi connectivity index (χ2v) is 16.2. The number of anilines is 6. The van der Waals surface area contributed by atoms with Gasteiger partial charge in [-0.15, -0.1) is 0 Å². The fourth-order valence-corrected chi connectivity index (χ4v) is 9.66. The molecule has 64 heavy (non-hydrogen) atoms. The summed E-state index contributed by atoms with van der Waals surface area (Å²) in [6, 6.07) is 91.7. The van der Waals surface area contributed by atoms with Crippen LogP contribution >= 0.6 is 0 Å². The molecular formula is C60H42N4. The third kappa shape index (κ3) is 6.23. The Bertz CT molecular complexity index is 3260. The first-order valence-electron chi connectivity index (χ1n) is 21.9. The van der Waals surface area contributed by atoms with Crippen molar-refractivity contribution >= 4 is 77.7 Å². The van der Waals surface area contributed by atoms with E-state index in [1.807, 2.05) is 0 Å². The number of hydrogen-bond donors (Lipinski definition) is 0. The molecule has 0 aliphatic rings. The zero-order chi connectivity index (χ0) is 42.4. The topological polar surface area (TPSA) is 16.3 Å². The summed E-state index contributed by atoms with van der Waals surface area (Å²) in [5, 5.41) is 4.98. The van der Waals surface area contributed by atoms with Crippen LogP contribution < -0.4 is 9.80 Å². The predicted octanol–water partition coefficient (Wildman–Crippen LogP) is 16.5. The van der Waals surface area contributed by atoms with Crippen LogP contribution in [0.15, 0.2) is 255 Å². The number of fused-ring (bicyclic) bond motifs is 6. The standard InChI is InChI=1S/C60H42N4/c1-3-19-45(20-4-1)61(57-31-15-17-33-59(57)63-53-27-11-7-23-49(53)50-24-8-12-28-54(50)63)47-39-35-43(36-40-47)44-37-41-48(42-38-44)62(46-21-5-2-6-22-46)58-32-16-18-34-60(58)64-55-29-13-9-25-51(55)52-26-10-14-30-56(52)64/h1-42H. The van der Waals surface area contributed by atoms with Crippen molar-refractivity contribution in [2.24, 2.45) is 0 Å². The van der Waals surface area contributed by atoms with E-state index in [0.29, 0.717) is 0 Å². The lowest BCUT2D eigenvalue weighted by Gasteiger charge is -2.29. The van der Waals surface area contributed by atoms with E-state index in [9.17, 15) is 0 Å². The van der Waals surface area contributed by atoms with E-state index in [1.165, 1.54) is 43.6 Å². The van der Waals surface area contributed by atoms with Crippen molar-refractivity contribution in [3.05, 3.63) is 255 Å². The van der Waals surface area contributed by atoms with Gasteiger partial charge in [0.15, 0.2) is 0 Å². The summed E-state index contributed by atoms with van der Waals surface area (Å²) in [4.78, 5) is 4.75. The highest BCUT2D eigenvalue weighted by atomic mass is 15.2. The summed E-state index contributed by atoms with van der Waals surface area (Å²) in [6.07, 6.45) is 0. The van der Waals surface area contributed by atoms with Crippen LogP contribution in [-0.2, 0) is 0 Å². The second kappa shape index (κ2) is 15.7. The zero-order valence-corrected chi connectivity index (χ0v) is 35.0. The van der Waals surface area contributed by atoms with Crippen LogP contribution in [0.1, 0.15) is 0 Å². The van der Waals surface area contributed by atoms with Crippen LogP contribution in [0.5, 0.6) is 0 Å². The molecule has 0 bridgehead atoms. The minimum atomic E-state index is 1.08. The van der Waals surface area contributed by atoms with E-state index in [2.05, 4.69) is 274 Å². The van der Waals surface area contributed by atoms with Crippen LogP contribution in [0.3, 0.4) is 0 Å². The molecule has 0 saturated carbocycles. The van der Waals surface area contributed by atoms with Gasteiger partial charge in [-0.25, -0.2) is 0 Å². The molecule has 0 unspecified atom stereocenters. The lowest BCUT2D eigenvalue weighted by atomic mass is 10.0. The predicted molar refractivity (Wildman–Crippen MR) is 270 cm³/mol. The van der Waals surface area contributed by atoms with Crippen LogP contribution in [-0.4, -0.2) is 9.13 Å². The summed E-state index contributed by atoms with van der Waals surface area (Å²) in [5.41, 5.74) is 15.8. The molecule has 0 aliphatic carbocycles. The maximum Gasteiger partial charge on any atom is 0.0702 e. The molecule has 0 spiro atoms. The van der Waals surface area contributed by atoms with E-state index in [1.54, 1.807) is 0 Å². The Morgan fingerprint density at radius 1 is 0.219 bits per heavy atom. The van der Waals surface area contributed by atoms with Gasteiger partial charge < -0.3 is 18.9 Å². The quantitative estimate of drug-likeness (QED) is 0.144. The van der Waals surface area contributed by atoms with Crippen LogP contribution in [0.4, 0.5) is 34.1 Å².